The van der Waals surface area contributed by atoms with Crippen LogP contribution in [0, 0.1) is 5.82 Å². The van der Waals surface area contributed by atoms with Crippen LogP contribution >= 0.6 is 0 Å². The molecule has 0 saturated carbocycles. The van der Waals surface area contributed by atoms with Crippen molar-refractivity contribution in [3.05, 3.63) is 71.3 Å². The van der Waals surface area contributed by atoms with Gasteiger partial charge in [0.25, 0.3) is 0 Å². The molecule has 0 fully saturated rings. The van der Waals surface area contributed by atoms with E-state index in [9.17, 15) is 14.0 Å². The van der Waals surface area contributed by atoms with E-state index in [4.69, 9.17) is 0 Å². The quantitative estimate of drug-likeness (QED) is 0.673. The second kappa shape index (κ2) is 8.81. The number of benzene rings is 2. The molecule has 1 aliphatic rings. The summed E-state index contributed by atoms with van der Waals surface area (Å²) < 4.78 is 15.3. The minimum Gasteiger partial charge on any atom is -0.338 e. The summed E-state index contributed by atoms with van der Waals surface area (Å²) in [6, 6.07) is 11.9. The first-order chi connectivity index (χ1) is 14.6. The lowest BCUT2D eigenvalue weighted by molar-refractivity contribution is -0.132. The smallest absolute Gasteiger partial charge is 0.228 e. The van der Waals surface area contributed by atoms with Gasteiger partial charge in [-0.1, -0.05) is 24.3 Å². The number of aryl methyl sites for hydroxylation is 1. The minimum absolute atomic E-state index is 0.0325. The van der Waals surface area contributed by atoms with E-state index in [-0.39, 0.29) is 18.2 Å². The molecule has 2 aromatic carbocycles. The van der Waals surface area contributed by atoms with Gasteiger partial charge in [0.15, 0.2) is 0 Å². The van der Waals surface area contributed by atoms with E-state index in [0.29, 0.717) is 37.3 Å². The van der Waals surface area contributed by atoms with E-state index < -0.39 is 5.82 Å². The predicted octanol–water partition coefficient (Wildman–Crippen LogP) is 1.97. The Morgan fingerprint density at radius 2 is 2.00 bits per heavy atom. The Bertz CT molecular complexity index is 1050. The zero-order chi connectivity index (χ0) is 20.9. The number of amides is 2. The molecule has 0 atom stereocenters. The van der Waals surface area contributed by atoms with Crippen LogP contribution in [0.4, 0.5) is 10.1 Å². The van der Waals surface area contributed by atoms with Crippen LogP contribution in [-0.4, -0.2) is 43.5 Å². The fraction of sp³-hybridized carbons (Fsp3) is 0.286. The van der Waals surface area contributed by atoms with Gasteiger partial charge in [-0.3, -0.25) is 9.59 Å². The standard InChI is InChI=1S/C21H21FN6O2/c22-19-4-2-1-3-16(19)12-20(29)24-18-6-5-15-7-9-27(13-17(15)11-18)21(30)8-10-28-14-23-25-26-28/h1-6,11,14H,7-10,12-13H2,(H,24,29). The summed E-state index contributed by atoms with van der Waals surface area (Å²) in [5.41, 5.74) is 3.15. The largest absolute Gasteiger partial charge is 0.338 e. The van der Waals surface area contributed by atoms with Crippen molar-refractivity contribution in [2.24, 2.45) is 0 Å². The van der Waals surface area contributed by atoms with Gasteiger partial charge in [0.1, 0.15) is 12.1 Å². The fourth-order valence-corrected chi connectivity index (χ4v) is 3.52. The SMILES string of the molecule is O=C(Cc1ccccc1F)Nc1ccc2c(c1)CN(C(=O)CCn1cnnn1)CC2. The molecule has 9 heteroatoms. The van der Waals surface area contributed by atoms with Crippen LogP contribution in [0.5, 0.6) is 0 Å². The molecule has 3 aromatic rings. The van der Waals surface area contributed by atoms with E-state index in [1.54, 1.807) is 23.1 Å². The molecule has 1 aliphatic heterocycles. The Labute approximate surface area is 172 Å². The van der Waals surface area contributed by atoms with Crippen molar-refractivity contribution >= 4 is 17.5 Å². The molecule has 0 bridgehead atoms. The van der Waals surface area contributed by atoms with Gasteiger partial charge in [-0.05, 0) is 51.7 Å². The second-order valence-electron chi connectivity index (χ2n) is 7.19. The van der Waals surface area contributed by atoms with Gasteiger partial charge in [-0.2, -0.15) is 0 Å². The zero-order valence-electron chi connectivity index (χ0n) is 16.3. The molecule has 0 aliphatic carbocycles. The number of aromatic nitrogens is 4. The third-order valence-electron chi connectivity index (χ3n) is 5.11. The van der Waals surface area contributed by atoms with Crippen LogP contribution in [0.2, 0.25) is 0 Å². The van der Waals surface area contributed by atoms with Crippen molar-refractivity contribution in [3.63, 3.8) is 0 Å². The first kappa shape index (κ1) is 19.7. The molecule has 0 unspecified atom stereocenters. The highest BCUT2D eigenvalue weighted by molar-refractivity contribution is 5.92. The topological polar surface area (TPSA) is 93.0 Å². The molecule has 1 N–H and O–H groups in total. The van der Waals surface area contributed by atoms with E-state index in [2.05, 4.69) is 20.8 Å². The number of anilines is 1. The monoisotopic (exact) mass is 408 g/mol. The Balaban J connectivity index is 1.37. The van der Waals surface area contributed by atoms with Crippen molar-refractivity contribution in [3.8, 4) is 0 Å². The van der Waals surface area contributed by atoms with E-state index in [1.165, 1.54) is 17.1 Å². The van der Waals surface area contributed by atoms with E-state index in [0.717, 1.165) is 17.5 Å². The summed E-state index contributed by atoms with van der Waals surface area (Å²) in [4.78, 5) is 26.7. The van der Waals surface area contributed by atoms with Gasteiger partial charge in [0.05, 0.1) is 13.0 Å². The highest BCUT2D eigenvalue weighted by atomic mass is 19.1. The molecule has 0 radical (unpaired) electrons. The van der Waals surface area contributed by atoms with Crippen LogP contribution in [0.15, 0.2) is 48.8 Å². The Morgan fingerprint density at radius 1 is 1.13 bits per heavy atom. The number of rotatable bonds is 6. The van der Waals surface area contributed by atoms with Gasteiger partial charge >= 0.3 is 0 Å². The minimum atomic E-state index is -0.395. The Morgan fingerprint density at radius 3 is 2.80 bits per heavy atom. The summed E-state index contributed by atoms with van der Waals surface area (Å²) in [6.45, 7) is 1.57. The van der Waals surface area contributed by atoms with Crippen LogP contribution in [0.3, 0.4) is 0 Å². The molecule has 1 aromatic heterocycles. The predicted molar refractivity (Wildman–Crippen MR) is 107 cm³/mol. The first-order valence-electron chi connectivity index (χ1n) is 9.72. The van der Waals surface area contributed by atoms with Gasteiger partial charge in [-0.25, -0.2) is 9.07 Å². The fourth-order valence-electron chi connectivity index (χ4n) is 3.52. The van der Waals surface area contributed by atoms with Crippen LogP contribution in [0.1, 0.15) is 23.1 Å². The molecule has 30 heavy (non-hydrogen) atoms. The lowest BCUT2D eigenvalue weighted by Crippen LogP contribution is -2.36. The van der Waals surface area contributed by atoms with Gasteiger partial charge in [0.2, 0.25) is 11.8 Å². The number of carbonyl (C=O) groups excluding carboxylic acids is 2. The van der Waals surface area contributed by atoms with Crippen molar-refractivity contribution in [2.75, 3.05) is 11.9 Å². The maximum Gasteiger partial charge on any atom is 0.228 e. The highest BCUT2D eigenvalue weighted by Crippen LogP contribution is 2.23. The number of fused-ring (bicyclic) bond motifs is 1. The van der Waals surface area contributed by atoms with Crippen molar-refractivity contribution in [2.45, 2.75) is 32.4 Å². The molecule has 4 rings (SSSR count). The number of hydrogen-bond donors (Lipinski definition) is 1. The summed E-state index contributed by atoms with van der Waals surface area (Å²) >= 11 is 0. The second-order valence-corrected chi connectivity index (χ2v) is 7.19. The number of nitrogens with zero attached hydrogens (tertiary/aromatic N) is 5. The maximum absolute atomic E-state index is 13.8. The van der Waals surface area contributed by atoms with Crippen molar-refractivity contribution in [1.82, 2.24) is 25.1 Å². The van der Waals surface area contributed by atoms with Crippen molar-refractivity contribution in [1.29, 1.82) is 0 Å². The number of carbonyl (C=O) groups is 2. The molecule has 0 spiro atoms. The first-order valence-corrected chi connectivity index (χ1v) is 9.72. The van der Waals surface area contributed by atoms with Crippen LogP contribution in [0.25, 0.3) is 0 Å². The molecular formula is C21H21FN6O2. The summed E-state index contributed by atoms with van der Waals surface area (Å²) in [5.74, 6) is -0.649. The van der Waals surface area contributed by atoms with Crippen LogP contribution < -0.4 is 5.32 Å². The van der Waals surface area contributed by atoms with Crippen molar-refractivity contribution < 1.29 is 14.0 Å². The molecule has 154 valence electrons. The normalized spacial score (nSPS) is 13.0. The average Bonchev–Trinajstić information content (AvgIpc) is 3.27. The third kappa shape index (κ3) is 4.68. The Kier molecular flexibility index (Phi) is 5.78. The van der Waals surface area contributed by atoms with Gasteiger partial charge in [0, 0.05) is 25.2 Å². The number of tetrazole rings is 1. The van der Waals surface area contributed by atoms with Gasteiger partial charge in [-0.15, -0.1) is 5.10 Å². The molecule has 8 nitrogen and oxygen atoms in total. The zero-order valence-corrected chi connectivity index (χ0v) is 16.3. The average molecular weight is 408 g/mol. The number of hydrogen-bond acceptors (Lipinski definition) is 5. The molecule has 2 heterocycles. The van der Waals surface area contributed by atoms with Gasteiger partial charge < -0.3 is 10.2 Å². The molecule has 2 amide bonds. The third-order valence-corrected chi connectivity index (χ3v) is 5.11. The Hall–Kier alpha value is -3.62. The lowest BCUT2D eigenvalue weighted by Gasteiger charge is -2.29. The van der Waals surface area contributed by atoms with E-state index in [1.807, 2.05) is 18.2 Å². The number of halogens is 1. The summed E-state index contributed by atoms with van der Waals surface area (Å²) in [6.07, 6.45) is 2.52. The summed E-state index contributed by atoms with van der Waals surface area (Å²) in [5, 5.41) is 13.7. The maximum atomic E-state index is 13.8. The summed E-state index contributed by atoms with van der Waals surface area (Å²) in [7, 11) is 0. The van der Waals surface area contributed by atoms with Crippen LogP contribution in [-0.2, 0) is 35.5 Å². The highest BCUT2D eigenvalue weighted by Gasteiger charge is 2.21. The molecular weight excluding hydrogens is 387 g/mol. The molecule has 0 saturated heterocycles. The van der Waals surface area contributed by atoms with E-state index >= 15 is 0 Å². The lowest BCUT2D eigenvalue weighted by atomic mass is 9.98. The number of nitrogens with one attached hydrogen (secondary N) is 1.